The molecule has 29 nitrogen and oxygen atoms in total. The number of primary amides is 1. The number of aromatic hydroxyl groups is 2. The van der Waals surface area contributed by atoms with Gasteiger partial charge in [-0.15, -0.1) is 0 Å². The largest absolute Gasteiger partial charge is 0.507 e. The van der Waals surface area contributed by atoms with Crippen LogP contribution in [0.25, 0.3) is 0 Å². The molecule has 11 N–H and O–H groups in total. The number of carbonyl (C=O) groups excluding carboxylic acids is 11. The highest BCUT2D eigenvalue weighted by molar-refractivity contribution is 6.32. The molecule has 0 bridgehead atoms. The van der Waals surface area contributed by atoms with Crippen molar-refractivity contribution in [2.45, 2.75) is 166 Å². The monoisotopic (exact) mass is 1280 g/mol. The second-order valence-corrected chi connectivity index (χ2v) is 24.0. The molecule has 0 unspecified atom stereocenters. The molecule has 0 aromatic heterocycles. The number of carbonyl (C=O) groups is 11. The Hall–Kier alpha value is -8.71. The number of imide groups is 1. The average Bonchev–Trinajstić information content (AvgIpc) is 0.894. The number of hydrogen-bond acceptors (Lipinski definition) is 21. The lowest BCUT2D eigenvalue weighted by Gasteiger charge is -2.43. The van der Waals surface area contributed by atoms with E-state index in [1.54, 1.807) is 32.9 Å². The predicted octanol–water partition coefficient (Wildman–Crippen LogP) is 2.48. The summed E-state index contributed by atoms with van der Waals surface area (Å²) >= 11 is 0. The number of phenolic OH excluding ortho intramolecular Hbond substituents is 2. The lowest BCUT2D eigenvalue weighted by Crippen LogP contribution is -2.55. The van der Waals surface area contributed by atoms with E-state index >= 15 is 0 Å². The van der Waals surface area contributed by atoms with Gasteiger partial charge < -0.3 is 81.4 Å². The molecule has 6 aliphatic rings. The van der Waals surface area contributed by atoms with Crippen LogP contribution in [0.4, 0.5) is 21.0 Å². The highest BCUT2D eigenvalue weighted by Crippen LogP contribution is 2.53. The van der Waals surface area contributed by atoms with Crippen LogP contribution in [-0.4, -0.2) is 184 Å². The van der Waals surface area contributed by atoms with Crippen molar-refractivity contribution in [3.8, 4) is 11.5 Å². The van der Waals surface area contributed by atoms with Crippen LogP contribution in [-0.2, 0) is 75.0 Å². The third-order valence-corrected chi connectivity index (χ3v) is 17.3. The molecular formula is C63H77N9O20. The number of unbranched alkanes of at least 4 members (excludes halogenated alkanes) is 2. The second-order valence-electron chi connectivity index (χ2n) is 24.0. The predicted molar refractivity (Wildman–Crippen MR) is 322 cm³/mol. The number of benzene rings is 3. The number of rotatable bonds is 25. The van der Waals surface area contributed by atoms with E-state index in [2.05, 4.69) is 36.8 Å². The van der Waals surface area contributed by atoms with Crippen LogP contribution in [0.1, 0.15) is 141 Å². The summed E-state index contributed by atoms with van der Waals surface area (Å²) in [5, 5.41) is 51.6. The van der Waals surface area contributed by atoms with E-state index in [-0.39, 0.29) is 96.9 Å². The number of Topliss-reactive ketones (excluding diaryl/α,β-unsaturated/α-hetero) is 1. The van der Waals surface area contributed by atoms with Crippen LogP contribution < -0.4 is 37.6 Å². The Morgan fingerprint density at radius 3 is 2.23 bits per heavy atom. The van der Waals surface area contributed by atoms with Crippen molar-refractivity contribution in [2.75, 3.05) is 44.0 Å². The number of urea groups is 1. The number of alkyl carbamates (subject to hydrolysis) is 1. The summed E-state index contributed by atoms with van der Waals surface area (Å²) in [5.41, 5.74) is 1.51. The number of amides is 9. The van der Waals surface area contributed by atoms with Crippen molar-refractivity contribution in [2.24, 2.45) is 11.7 Å². The van der Waals surface area contributed by atoms with E-state index < -0.39 is 155 Å². The normalized spacial score (nSPS) is 24.0. The highest BCUT2D eigenvalue weighted by atomic mass is 16.7. The molecule has 0 spiro atoms. The van der Waals surface area contributed by atoms with Gasteiger partial charge in [-0.2, -0.15) is 0 Å². The number of nitrogens with one attached hydrogen (secondary N) is 6. The van der Waals surface area contributed by atoms with Crippen LogP contribution in [0, 0.1) is 5.92 Å². The fourth-order valence-corrected chi connectivity index (χ4v) is 12.4. The molecule has 4 aliphatic heterocycles. The number of methoxy groups -OCH3 is 1. The molecule has 9 rings (SSSR count). The van der Waals surface area contributed by atoms with Gasteiger partial charge in [0.25, 0.3) is 11.8 Å². The minimum atomic E-state index is -2.14. The number of fused-ring (bicyclic) bond motifs is 6. The Balaban J connectivity index is 0.802. The van der Waals surface area contributed by atoms with Gasteiger partial charge in [-0.3, -0.25) is 53.0 Å². The number of aliphatic hydroxyl groups is 1. The topological polar surface area (TPSA) is 409 Å². The summed E-state index contributed by atoms with van der Waals surface area (Å²) in [6, 6.07) is 5.59. The maximum Gasteiger partial charge on any atom is 0.408 e. The van der Waals surface area contributed by atoms with Crippen molar-refractivity contribution in [3.63, 3.8) is 0 Å². The molecule has 3 aromatic rings. The SMILES string of the molecule is CO[C@H]1OCCN2[C@@H]1O[C@@H]1[C@H](C)O[C@@H](O[C@H]3C[C@](O)(C(C)=O)Cc4c(O)c5c(c(O)c43)C(=O)c3c(NC(=O)[C@H](C)NC(=O)OCc4ccc(NC(=O)[C@H](CCCNC(N)=O)NC(=O)[C@@H](NC(=O)CCCCCN6C(=O)C=CC6=O)C(C)C)cc4)cccc3C5=O)C[C@@H]12. The highest BCUT2D eigenvalue weighted by Gasteiger charge is 2.55. The minimum Gasteiger partial charge on any atom is -0.507 e. The van der Waals surface area contributed by atoms with Gasteiger partial charge in [-0.05, 0) is 76.1 Å². The number of nitrogens with zero attached hydrogens (tertiary/aromatic N) is 2. The third-order valence-electron chi connectivity index (χ3n) is 17.3. The number of nitrogens with two attached hydrogens (primary N) is 1. The van der Waals surface area contributed by atoms with E-state index in [1.807, 2.05) is 0 Å². The van der Waals surface area contributed by atoms with E-state index in [9.17, 15) is 68.1 Å². The molecule has 92 heavy (non-hydrogen) atoms. The number of phenols is 2. The van der Waals surface area contributed by atoms with Crippen molar-refractivity contribution in [1.29, 1.82) is 0 Å². The van der Waals surface area contributed by atoms with Crippen LogP contribution in [0.15, 0.2) is 54.6 Å². The van der Waals surface area contributed by atoms with Crippen molar-refractivity contribution >= 4 is 76.3 Å². The number of anilines is 2. The molecule has 3 saturated heterocycles. The Morgan fingerprint density at radius 2 is 1.54 bits per heavy atom. The summed E-state index contributed by atoms with van der Waals surface area (Å²) in [5.74, 6) is -7.76. The van der Waals surface area contributed by atoms with Gasteiger partial charge in [0.05, 0.1) is 41.2 Å². The Bertz CT molecular complexity index is 3430. The zero-order valence-electron chi connectivity index (χ0n) is 51.7. The molecule has 0 radical (unpaired) electrons. The Kier molecular flexibility index (Phi) is 21.2. The maximum atomic E-state index is 14.8. The lowest BCUT2D eigenvalue weighted by molar-refractivity contribution is -0.256. The average molecular weight is 1280 g/mol. The molecule has 0 saturated carbocycles. The molecular weight excluding hydrogens is 1200 g/mol. The summed E-state index contributed by atoms with van der Waals surface area (Å²) in [6.45, 7) is 8.62. The zero-order chi connectivity index (χ0) is 66.5. The smallest absolute Gasteiger partial charge is 0.408 e. The summed E-state index contributed by atoms with van der Waals surface area (Å²) < 4.78 is 35.8. The molecule has 3 fully saturated rings. The molecule has 4 heterocycles. The van der Waals surface area contributed by atoms with Crippen LogP contribution in [0.2, 0.25) is 0 Å². The van der Waals surface area contributed by atoms with Crippen LogP contribution >= 0.6 is 0 Å². The van der Waals surface area contributed by atoms with E-state index in [4.69, 9.17) is 34.2 Å². The third kappa shape index (κ3) is 14.8. The van der Waals surface area contributed by atoms with E-state index in [0.29, 0.717) is 38.0 Å². The van der Waals surface area contributed by atoms with Crippen LogP contribution in [0.3, 0.4) is 0 Å². The van der Waals surface area contributed by atoms with Gasteiger partial charge >= 0.3 is 12.1 Å². The number of ether oxygens (including phenoxy) is 6. The van der Waals surface area contributed by atoms with Crippen LogP contribution in [0.5, 0.6) is 11.5 Å². The van der Waals surface area contributed by atoms with Crippen molar-refractivity contribution < 1.29 is 96.5 Å². The number of ketones is 3. The first-order chi connectivity index (χ1) is 43.8. The summed E-state index contributed by atoms with van der Waals surface area (Å²) in [6.07, 6.45) is -2.10. The minimum absolute atomic E-state index is 0.0562. The molecule has 494 valence electrons. The second kappa shape index (κ2) is 28.8. The Morgan fingerprint density at radius 1 is 0.826 bits per heavy atom. The lowest BCUT2D eigenvalue weighted by atomic mass is 9.72. The molecule has 3 aromatic carbocycles. The quantitative estimate of drug-likeness (QED) is 0.0259. The summed E-state index contributed by atoms with van der Waals surface area (Å²) in [7, 11) is 1.51. The van der Waals surface area contributed by atoms with Gasteiger partial charge in [0.15, 0.2) is 36.2 Å². The standard InChI is InChI=1S/C63H77N9O20/c1-30(2)50(70-42(74)15-8-7-9-23-72-43(75)20-21-44(72)76)58(83)69-39(14-11-22-65-61(64)84)57(82)67-35-18-16-34(17-19-35)29-89-62(85)66-31(3)56(81)68-38-13-10-12-36-46(38)53(79)49-48(51(36)77)52(78)37-27-63(86,33(5)73)28-41(47(37)54(49)80)91-45-26-40-55(32(4)90-45)92-59-60(87-6)88-25-24-71(40)59/h10,12-13,16-21,30-32,39-41,45,50,55,59-60,78,80,86H,7-9,11,14-15,22-29H2,1-6H3,(H,66,85)(H,67,82)(H,68,81)(H,69,83)(H,70,74)(H3,64,65,84)/t31-,32-,39-,40-,41-,45-,50-,55+,59+,60-,63-/m0/s1. The fourth-order valence-electron chi connectivity index (χ4n) is 12.4. The van der Waals surface area contributed by atoms with Gasteiger partial charge in [-0.1, -0.05) is 44.5 Å². The Labute approximate surface area is 528 Å². The maximum absolute atomic E-state index is 14.8. The first-order valence-electron chi connectivity index (χ1n) is 30.5. The first kappa shape index (κ1) is 67.7. The number of hydrogen-bond donors (Lipinski definition) is 10. The zero-order valence-corrected chi connectivity index (χ0v) is 51.7. The molecule has 29 heteroatoms. The van der Waals surface area contributed by atoms with Gasteiger partial charge in [0, 0.05) is 93.0 Å². The van der Waals surface area contributed by atoms with E-state index in [0.717, 1.165) is 11.8 Å². The van der Waals surface area contributed by atoms with Gasteiger partial charge in [-0.25, -0.2) is 9.59 Å². The van der Waals surface area contributed by atoms with Gasteiger partial charge in [0.1, 0.15) is 47.9 Å². The van der Waals surface area contributed by atoms with E-state index in [1.165, 1.54) is 56.5 Å². The van der Waals surface area contributed by atoms with Crippen molar-refractivity contribution in [3.05, 3.63) is 93.6 Å². The fraction of sp³-hybridized carbons (Fsp3) is 0.508. The number of morpholine rings is 1. The summed E-state index contributed by atoms with van der Waals surface area (Å²) in [4.78, 5) is 148. The van der Waals surface area contributed by atoms with Crippen molar-refractivity contribution in [1.82, 2.24) is 31.1 Å². The molecule has 11 atom stereocenters. The molecule has 2 aliphatic carbocycles. The first-order valence-corrected chi connectivity index (χ1v) is 30.5. The molecule has 9 amide bonds. The van der Waals surface area contributed by atoms with Gasteiger partial charge in [0.2, 0.25) is 23.6 Å².